The van der Waals surface area contributed by atoms with Crippen LogP contribution in [0.4, 0.5) is 0 Å². The molecule has 0 radical (unpaired) electrons. The molecule has 0 bridgehead atoms. The molecule has 0 spiro atoms. The van der Waals surface area contributed by atoms with Crippen LogP contribution in [0.15, 0.2) is 30.3 Å². The maximum Gasteiger partial charge on any atom is 0.239 e. The second kappa shape index (κ2) is 19.9. The van der Waals surface area contributed by atoms with E-state index in [1.165, 1.54) is 26.8 Å². The quantitative estimate of drug-likeness (QED) is 0.305. The van der Waals surface area contributed by atoms with E-state index in [0.29, 0.717) is 11.5 Å². The fraction of sp³-hybridized carbons (Fsp3) is 0.400. The molecule has 0 aromatic heterocycles. The predicted octanol–water partition coefficient (Wildman–Crippen LogP) is 2.15. The molecule has 0 aliphatic rings. The van der Waals surface area contributed by atoms with E-state index >= 15 is 0 Å². The Bertz CT molecular complexity index is 396. The molecule has 0 saturated heterocycles. The first-order valence-electron chi connectivity index (χ1n) is 5.93. The first-order valence-corrected chi connectivity index (χ1v) is 5.93. The highest BCUT2D eigenvalue weighted by Gasteiger charge is 1.84. The van der Waals surface area contributed by atoms with Crippen LogP contribution in [0, 0.1) is 17.3 Å². The van der Waals surface area contributed by atoms with E-state index in [1.54, 1.807) is 14.0 Å². The minimum atomic E-state index is 0.375. The lowest BCUT2D eigenvalue weighted by Crippen LogP contribution is -1.94. The Labute approximate surface area is 127 Å². The van der Waals surface area contributed by atoms with Gasteiger partial charge in [-0.1, -0.05) is 30.3 Å². The van der Waals surface area contributed by atoms with Gasteiger partial charge in [0, 0.05) is 7.11 Å². The Morgan fingerprint density at radius 2 is 1.62 bits per heavy atom. The van der Waals surface area contributed by atoms with Gasteiger partial charge in [0.1, 0.15) is 0 Å². The Morgan fingerprint density at radius 1 is 1.29 bits per heavy atom. The van der Waals surface area contributed by atoms with Crippen LogP contribution in [-0.2, 0) is 16.2 Å². The molecule has 1 aromatic carbocycles. The highest BCUT2D eigenvalue weighted by Crippen LogP contribution is 1.98. The number of rotatable bonds is 3. The van der Waals surface area contributed by atoms with E-state index in [4.69, 9.17) is 9.94 Å². The third-order valence-electron chi connectivity index (χ3n) is 1.41. The van der Waals surface area contributed by atoms with Crippen molar-refractivity contribution in [1.82, 2.24) is 0 Å². The van der Waals surface area contributed by atoms with E-state index < -0.39 is 0 Å². The molecule has 0 aliphatic heterocycles. The molecule has 0 heterocycles. The fourth-order valence-electron chi connectivity index (χ4n) is 0.741. The molecular formula is C15H26N2O4+2. The van der Waals surface area contributed by atoms with Gasteiger partial charge in [0.15, 0.2) is 20.9 Å². The van der Waals surface area contributed by atoms with E-state index in [0.717, 1.165) is 4.74 Å². The van der Waals surface area contributed by atoms with Crippen LogP contribution < -0.4 is 0 Å². The fourth-order valence-corrected chi connectivity index (χ4v) is 0.741. The number of ether oxygens (including phenoxy) is 1. The summed E-state index contributed by atoms with van der Waals surface area (Å²) in [7, 11) is 5.74. The van der Waals surface area contributed by atoms with Gasteiger partial charge in [-0.3, -0.25) is 5.21 Å². The van der Waals surface area contributed by atoms with Gasteiger partial charge in [-0.05, 0) is 17.2 Å². The van der Waals surface area contributed by atoms with E-state index in [-0.39, 0.29) is 0 Å². The maximum atomic E-state index is 9.51. The molecule has 1 N–H and O–H groups in total. The largest absolute Gasteiger partial charge is 0.380 e. The standard InChI is InChI=1S/C8H10O.C3H4.C2H6NO2.C2H6NO/c1-9-7-8-5-3-2-4-6-8;1-3-2;1-3(4)5-2;1-3(2)4/h2-6H,7H2,1H3;1H,2H3;1-2H3;4H,1H2,2H3/q;;2*+1. The second-order valence-corrected chi connectivity index (χ2v) is 3.49. The van der Waals surface area contributed by atoms with E-state index in [1.807, 2.05) is 30.3 Å². The van der Waals surface area contributed by atoms with Crippen LogP contribution >= 0.6 is 0 Å². The Hall–Kier alpha value is -2.39. The molecule has 6 heteroatoms. The van der Waals surface area contributed by atoms with E-state index in [9.17, 15) is 4.91 Å². The van der Waals surface area contributed by atoms with Crippen molar-refractivity contribution < 1.29 is 24.4 Å². The zero-order valence-corrected chi connectivity index (χ0v) is 13.4. The van der Waals surface area contributed by atoms with Crippen LogP contribution in [0.25, 0.3) is 0 Å². The smallest absolute Gasteiger partial charge is 0.239 e. The van der Waals surface area contributed by atoms with Crippen molar-refractivity contribution in [2.45, 2.75) is 13.5 Å². The first kappa shape index (κ1) is 23.7. The molecule has 0 amide bonds. The van der Waals surface area contributed by atoms with Gasteiger partial charge in [0.2, 0.25) is 12.0 Å². The molecule has 0 fully saturated rings. The SMILES string of the molecule is C#CC.C=[N+](C)O.COCc1ccccc1.CO[N+](C)=O. The van der Waals surface area contributed by atoms with Gasteiger partial charge < -0.3 is 4.74 Å². The highest BCUT2D eigenvalue weighted by atomic mass is 16.7. The van der Waals surface area contributed by atoms with Gasteiger partial charge in [0.25, 0.3) is 0 Å². The normalized spacial score (nSPS) is 7.24. The lowest BCUT2D eigenvalue weighted by Gasteiger charge is -1.95. The molecule has 0 saturated carbocycles. The van der Waals surface area contributed by atoms with Gasteiger partial charge in [0.05, 0.1) is 11.5 Å². The highest BCUT2D eigenvalue weighted by molar-refractivity contribution is 5.13. The van der Waals surface area contributed by atoms with Crippen LogP contribution in [0.2, 0.25) is 0 Å². The average molecular weight is 298 g/mol. The maximum absolute atomic E-state index is 9.51. The van der Waals surface area contributed by atoms with Crippen LogP contribution in [0.1, 0.15) is 12.5 Å². The molecule has 1 rings (SSSR count). The summed E-state index contributed by atoms with van der Waals surface area (Å²) in [6.45, 7) is 5.39. The van der Waals surface area contributed by atoms with Crippen LogP contribution in [-0.4, -0.2) is 49.9 Å². The van der Waals surface area contributed by atoms with Crippen LogP contribution in [0.3, 0.4) is 0 Å². The van der Waals surface area contributed by atoms with Crippen molar-refractivity contribution in [2.24, 2.45) is 0 Å². The summed E-state index contributed by atoms with van der Waals surface area (Å²) < 4.78 is 5.68. The molecule has 1 aromatic rings. The van der Waals surface area contributed by atoms with Gasteiger partial charge in [-0.25, -0.2) is 4.84 Å². The van der Waals surface area contributed by atoms with Crippen molar-refractivity contribution >= 4 is 6.72 Å². The number of hydrogen-bond acceptors (Lipinski definition) is 4. The number of nitrogens with zero attached hydrogens (tertiary/aromatic N) is 2. The minimum Gasteiger partial charge on any atom is -0.380 e. The molecule has 21 heavy (non-hydrogen) atoms. The minimum absolute atomic E-state index is 0.375. The van der Waals surface area contributed by atoms with E-state index in [2.05, 4.69) is 23.9 Å². The Morgan fingerprint density at radius 3 is 1.86 bits per heavy atom. The number of hydrogen-bond donors (Lipinski definition) is 1. The number of hydroxylamine groups is 1. The lowest BCUT2D eigenvalue weighted by atomic mass is 10.2. The van der Waals surface area contributed by atoms with Gasteiger partial charge in [-0.15, -0.1) is 12.3 Å². The summed E-state index contributed by atoms with van der Waals surface area (Å²) in [6, 6.07) is 10.1. The summed E-state index contributed by atoms with van der Waals surface area (Å²) in [6.07, 6.45) is 4.60. The zero-order chi connectivity index (χ0) is 17.1. The summed E-state index contributed by atoms with van der Waals surface area (Å²) in [5.41, 5.74) is 1.22. The van der Waals surface area contributed by atoms with Crippen molar-refractivity contribution in [1.29, 1.82) is 0 Å². The number of methoxy groups -OCH3 is 1. The van der Waals surface area contributed by atoms with Crippen molar-refractivity contribution in [2.75, 3.05) is 28.3 Å². The molecule has 0 unspecified atom stereocenters. The second-order valence-electron chi connectivity index (χ2n) is 3.49. The predicted molar refractivity (Wildman–Crippen MR) is 83.3 cm³/mol. The summed E-state index contributed by atoms with van der Waals surface area (Å²) >= 11 is 0. The third-order valence-corrected chi connectivity index (χ3v) is 1.41. The summed E-state index contributed by atoms with van der Waals surface area (Å²) in [5.74, 6) is 2.25. The average Bonchev–Trinajstić information content (AvgIpc) is 2.41. The van der Waals surface area contributed by atoms with Crippen LogP contribution in [0.5, 0.6) is 0 Å². The number of benzene rings is 1. The molecule has 0 atom stereocenters. The van der Waals surface area contributed by atoms with Crippen molar-refractivity contribution in [3.8, 4) is 12.3 Å². The summed E-state index contributed by atoms with van der Waals surface area (Å²) in [4.78, 5) is 13.9. The lowest BCUT2D eigenvalue weighted by molar-refractivity contribution is -0.776. The third kappa shape index (κ3) is 38.1. The number of terminal acetylenes is 1. The van der Waals surface area contributed by atoms with Gasteiger partial charge in [-0.2, -0.15) is 0 Å². The first-order chi connectivity index (χ1) is 9.85. The monoisotopic (exact) mass is 298 g/mol. The Kier molecular flexibility index (Phi) is 22.5. The molecule has 6 nitrogen and oxygen atoms in total. The van der Waals surface area contributed by atoms with Crippen molar-refractivity contribution in [3.05, 3.63) is 40.8 Å². The molecular weight excluding hydrogens is 272 g/mol. The summed E-state index contributed by atoms with van der Waals surface area (Å²) in [5, 5.41) is 7.78. The van der Waals surface area contributed by atoms with Gasteiger partial charge >= 0.3 is 0 Å². The molecule has 118 valence electrons. The topological polar surface area (TPSA) is 61.8 Å². The molecule has 0 aliphatic carbocycles. The zero-order valence-electron chi connectivity index (χ0n) is 13.4. The Balaban J connectivity index is -0.000000232. The van der Waals surface area contributed by atoms with Crippen molar-refractivity contribution in [3.63, 3.8) is 0 Å².